The molecule has 0 aliphatic heterocycles. The summed E-state index contributed by atoms with van der Waals surface area (Å²) in [4.78, 5) is 0. The fraction of sp³-hybridized carbons (Fsp3) is 0.500. The van der Waals surface area contributed by atoms with Gasteiger partial charge in [-0.1, -0.05) is 37.0 Å². The van der Waals surface area contributed by atoms with Gasteiger partial charge in [0.15, 0.2) is 0 Å². The summed E-state index contributed by atoms with van der Waals surface area (Å²) in [5.41, 5.74) is 1.09. The second-order valence-electron chi connectivity index (χ2n) is 4.10. The fourth-order valence-electron chi connectivity index (χ4n) is 1.45. The van der Waals surface area contributed by atoms with E-state index >= 15 is 0 Å². The van der Waals surface area contributed by atoms with Crippen molar-refractivity contribution in [1.29, 1.82) is 0 Å². The van der Waals surface area contributed by atoms with Gasteiger partial charge in [0, 0.05) is 15.9 Å². The number of benzene rings is 1. The molecule has 0 spiro atoms. The van der Waals surface area contributed by atoms with Crippen molar-refractivity contribution in [3.63, 3.8) is 0 Å². The smallest absolute Gasteiger partial charge is 0.0439 e. The van der Waals surface area contributed by atoms with Crippen molar-refractivity contribution in [3.8, 4) is 0 Å². The van der Waals surface area contributed by atoms with Gasteiger partial charge in [0.2, 0.25) is 0 Å². The highest BCUT2D eigenvalue weighted by atomic mass is 35.5. The van der Waals surface area contributed by atoms with Gasteiger partial charge in [0.05, 0.1) is 0 Å². The summed E-state index contributed by atoms with van der Waals surface area (Å²) in [5.74, 6) is 1.65. The Morgan fingerprint density at radius 1 is 1.20 bits per heavy atom. The van der Waals surface area contributed by atoms with Gasteiger partial charge in [-0.25, -0.2) is 0 Å². The minimum Gasteiger partial charge on any atom is -0.126 e. The van der Waals surface area contributed by atoms with Crippen molar-refractivity contribution in [2.24, 2.45) is 11.8 Å². The SMILES string of the molecule is CC(C)C(CCl)Cc1cc(Cl)ccc1Cl. The minimum atomic E-state index is 0.447. The molecule has 0 heterocycles. The number of halogens is 3. The molecule has 0 radical (unpaired) electrons. The maximum atomic E-state index is 6.10. The van der Waals surface area contributed by atoms with Crippen molar-refractivity contribution in [2.45, 2.75) is 20.3 Å². The van der Waals surface area contributed by atoms with Crippen molar-refractivity contribution in [1.82, 2.24) is 0 Å². The first kappa shape index (κ1) is 13.2. The molecular weight excluding hydrogens is 250 g/mol. The molecule has 0 saturated carbocycles. The first-order valence-corrected chi connectivity index (χ1v) is 6.33. The van der Waals surface area contributed by atoms with Crippen LogP contribution >= 0.6 is 34.8 Å². The van der Waals surface area contributed by atoms with Crippen LogP contribution in [0.25, 0.3) is 0 Å². The topological polar surface area (TPSA) is 0 Å². The summed E-state index contributed by atoms with van der Waals surface area (Å²) in [5, 5.41) is 1.50. The lowest BCUT2D eigenvalue weighted by Crippen LogP contribution is -2.13. The molecule has 1 aromatic carbocycles. The Bertz CT molecular complexity index is 321. The Hall–Kier alpha value is 0.0900. The largest absolute Gasteiger partial charge is 0.126 e. The van der Waals surface area contributed by atoms with Crippen LogP contribution in [0.15, 0.2) is 18.2 Å². The molecule has 1 unspecified atom stereocenters. The quantitative estimate of drug-likeness (QED) is 0.669. The zero-order valence-corrected chi connectivity index (χ0v) is 11.2. The van der Waals surface area contributed by atoms with Crippen molar-refractivity contribution >= 4 is 34.8 Å². The van der Waals surface area contributed by atoms with Gasteiger partial charge in [-0.15, -0.1) is 11.6 Å². The molecular formula is C12H15Cl3. The molecule has 3 heteroatoms. The summed E-state index contributed by atoms with van der Waals surface area (Å²) in [7, 11) is 0. The van der Waals surface area contributed by atoms with E-state index in [1.54, 1.807) is 6.07 Å². The summed E-state index contributed by atoms with van der Waals surface area (Å²) in [6, 6.07) is 5.56. The van der Waals surface area contributed by atoms with Crippen molar-refractivity contribution in [3.05, 3.63) is 33.8 Å². The van der Waals surface area contributed by atoms with Gasteiger partial charge in [-0.2, -0.15) is 0 Å². The Morgan fingerprint density at radius 3 is 2.40 bits per heavy atom. The normalized spacial score (nSPS) is 13.2. The van der Waals surface area contributed by atoms with E-state index in [9.17, 15) is 0 Å². The van der Waals surface area contributed by atoms with Gasteiger partial charge >= 0.3 is 0 Å². The van der Waals surface area contributed by atoms with E-state index in [-0.39, 0.29) is 0 Å². The zero-order chi connectivity index (χ0) is 11.4. The molecule has 1 aromatic rings. The third kappa shape index (κ3) is 3.86. The van der Waals surface area contributed by atoms with Crippen LogP contribution in [0.1, 0.15) is 19.4 Å². The predicted octanol–water partition coefficient (Wildman–Crippen LogP) is 5.05. The van der Waals surface area contributed by atoms with E-state index in [4.69, 9.17) is 34.8 Å². The standard InChI is InChI=1S/C12H15Cl3/c1-8(2)10(7-13)5-9-6-11(14)3-4-12(9)15/h3-4,6,8,10H,5,7H2,1-2H3. The molecule has 15 heavy (non-hydrogen) atoms. The van der Waals surface area contributed by atoms with Crippen LogP contribution in [-0.4, -0.2) is 5.88 Å². The lowest BCUT2D eigenvalue weighted by Gasteiger charge is -2.18. The molecule has 0 saturated heterocycles. The van der Waals surface area contributed by atoms with Crippen molar-refractivity contribution in [2.75, 3.05) is 5.88 Å². The van der Waals surface area contributed by atoms with Gasteiger partial charge in [-0.3, -0.25) is 0 Å². The van der Waals surface area contributed by atoms with E-state index in [1.807, 2.05) is 12.1 Å². The van der Waals surface area contributed by atoms with Crippen LogP contribution in [0.4, 0.5) is 0 Å². The Balaban J connectivity index is 2.82. The molecule has 0 aliphatic carbocycles. The zero-order valence-electron chi connectivity index (χ0n) is 8.93. The molecule has 1 atom stereocenters. The summed E-state index contributed by atoms with van der Waals surface area (Å²) >= 11 is 18.0. The molecule has 0 N–H and O–H groups in total. The number of alkyl halides is 1. The van der Waals surface area contributed by atoms with Crippen LogP contribution in [0.5, 0.6) is 0 Å². The number of rotatable bonds is 4. The average Bonchev–Trinajstić information content (AvgIpc) is 2.18. The molecule has 0 aliphatic rings. The molecule has 1 rings (SSSR count). The Labute approximate surface area is 107 Å². The van der Waals surface area contributed by atoms with Crippen LogP contribution in [-0.2, 0) is 6.42 Å². The highest BCUT2D eigenvalue weighted by Gasteiger charge is 2.14. The van der Waals surface area contributed by atoms with Gasteiger partial charge in [0.25, 0.3) is 0 Å². The molecule has 0 bridgehead atoms. The predicted molar refractivity (Wildman–Crippen MR) is 69.2 cm³/mol. The van der Waals surface area contributed by atoms with E-state index in [1.165, 1.54) is 0 Å². The average molecular weight is 266 g/mol. The summed E-state index contributed by atoms with van der Waals surface area (Å²) in [6.07, 6.45) is 0.889. The minimum absolute atomic E-state index is 0.447. The molecule has 0 aromatic heterocycles. The monoisotopic (exact) mass is 264 g/mol. The second kappa shape index (κ2) is 5.98. The summed E-state index contributed by atoms with van der Waals surface area (Å²) in [6.45, 7) is 4.34. The van der Waals surface area contributed by atoms with E-state index < -0.39 is 0 Å². The third-order valence-corrected chi connectivity index (χ3v) is 3.63. The fourth-order valence-corrected chi connectivity index (χ4v) is 2.31. The van der Waals surface area contributed by atoms with Crippen molar-refractivity contribution < 1.29 is 0 Å². The van der Waals surface area contributed by atoms with Crippen LogP contribution in [0, 0.1) is 11.8 Å². The maximum Gasteiger partial charge on any atom is 0.0439 e. The highest BCUT2D eigenvalue weighted by molar-refractivity contribution is 6.33. The summed E-state index contributed by atoms with van der Waals surface area (Å²) < 4.78 is 0. The van der Waals surface area contributed by atoms with Gasteiger partial charge in [-0.05, 0) is 42.0 Å². The second-order valence-corrected chi connectivity index (χ2v) is 5.25. The Kier molecular flexibility index (Phi) is 5.25. The van der Waals surface area contributed by atoms with E-state index in [0.29, 0.717) is 17.7 Å². The molecule has 84 valence electrons. The lowest BCUT2D eigenvalue weighted by molar-refractivity contribution is 0.422. The van der Waals surface area contributed by atoms with E-state index in [0.717, 1.165) is 22.0 Å². The van der Waals surface area contributed by atoms with Gasteiger partial charge in [0.1, 0.15) is 0 Å². The van der Waals surface area contributed by atoms with Crippen LogP contribution < -0.4 is 0 Å². The number of hydrogen-bond donors (Lipinski definition) is 0. The highest BCUT2D eigenvalue weighted by Crippen LogP contribution is 2.26. The van der Waals surface area contributed by atoms with E-state index in [2.05, 4.69) is 13.8 Å². The number of hydrogen-bond acceptors (Lipinski definition) is 0. The van der Waals surface area contributed by atoms with Gasteiger partial charge < -0.3 is 0 Å². The Morgan fingerprint density at radius 2 is 1.87 bits per heavy atom. The first-order chi connectivity index (χ1) is 7.04. The lowest BCUT2D eigenvalue weighted by atomic mass is 9.91. The molecule has 0 fully saturated rings. The maximum absolute atomic E-state index is 6.10. The van der Waals surface area contributed by atoms with Crippen LogP contribution in [0.2, 0.25) is 10.0 Å². The first-order valence-electron chi connectivity index (χ1n) is 5.04. The third-order valence-electron chi connectivity index (χ3n) is 2.63. The molecule has 0 nitrogen and oxygen atoms in total. The molecule has 0 amide bonds. The van der Waals surface area contributed by atoms with Crippen LogP contribution in [0.3, 0.4) is 0 Å².